The van der Waals surface area contributed by atoms with Gasteiger partial charge in [0, 0.05) is 25.7 Å². The summed E-state index contributed by atoms with van der Waals surface area (Å²) >= 11 is 0. The van der Waals surface area contributed by atoms with Crippen LogP contribution >= 0.6 is 15.6 Å². The third-order valence-electron chi connectivity index (χ3n) is 18.1. The zero-order valence-corrected chi connectivity index (χ0v) is 63.8. The maximum absolute atomic E-state index is 13.1. The van der Waals surface area contributed by atoms with Crippen molar-refractivity contribution < 1.29 is 80.2 Å². The lowest BCUT2D eigenvalue weighted by Gasteiger charge is -2.21. The lowest BCUT2D eigenvalue weighted by molar-refractivity contribution is -0.161. The molecule has 0 rings (SSSR count). The molecule has 95 heavy (non-hydrogen) atoms. The maximum atomic E-state index is 13.1. The number of rotatable bonds is 75. The van der Waals surface area contributed by atoms with Gasteiger partial charge in [-0.15, -0.1) is 0 Å². The Morgan fingerprint density at radius 2 is 0.537 bits per heavy atom. The first-order chi connectivity index (χ1) is 45.9. The van der Waals surface area contributed by atoms with E-state index in [1.807, 2.05) is 0 Å². The Bertz CT molecular complexity index is 1840. The minimum Gasteiger partial charge on any atom is -0.462 e. The fourth-order valence-corrected chi connectivity index (χ4v) is 13.2. The van der Waals surface area contributed by atoms with Crippen molar-refractivity contribution in [2.24, 2.45) is 11.8 Å². The zero-order valence-electron chi connectivity index (χ0n) is 62.0. The van der Waals surface area contributed by atoms with Crippen molar-refractivity contribution in [2.45, 2.75) is 413 Å². The van der Waals surface area contributed by atoms with Crippen molar-refractivity contribution >= 4 is 39.5 Å². The molecule has 0 spiro atoms. The van der Waals surface area contributed by atoms with Crippen molar-refractivity contribution in [2.75, 3.05) is 39.6 Å². The van der Waals surface area contributed by atoms with Gasteiger partial charge in [-0.3, -0.25) is 37.3 Å². The first-order valence-electron chi connectivity index (χ1n) is 39.5. The second-order valence-electron chi connectivity index (χ2n) is 28.1. The molecule has 564 valence electrons. The van der Waals surface area contributed by atoms with Crippen LogP contribution in [0.15, 0.2) is 0 Å². The molecule has 0 saturated carbocycles. The van der Waals surface area contributed by atoms with E-state index in [1.165, 1.54) is 193 Å². The number of aliphatic hydroxyl groups excluding tert-OH is 1. The van der Waals surface area contributed by atoms with E-state index in [-0.39, 0.29) is 25.7 Å². The van der Waals surface area contributed by atoms with E-state index in [9.17, 15) is 43.2 Å². The molecule has 0 aromatic rings. The summed E-state index contributed by atoms with van der Waals surface area (Å²) < 4.78 is 68.3. The Labute approximate surface area is 581 Å². The molecule has 17 nitrogen and oxygen atoms in total. The number of carbonyl (C=O) groups is 4. The summed E-state index contributed by atoms with van der Waals surface area (Å²) in [6, 6.07) is 0. The van der Waals surface area contributed by atoms with Crippen LogP contribution in [0.1, 0.15) is 395 Å². The lowest BCUT2D eigenvalue weighted by atomic mass is 9.99. The van der Waals surface area contributed by atoms with Crippen molar-refractivity contribution in [3.8, 4) is 0 Å². The molecule has 0 bridgehead atoms. The van der Waals surface area contributed by atoms with Crippen LogP contribution in [0.2, 0.25) is 0 Å². The number of unbranched alkanes of at least 4 members (excludes halogenated alkanes) is 44. The highest BCUT2D eigenvalue weighted by Crippen LogP contribution is 2.45. The molecule has 3 N–H and O–H groups in total. The topological polar surface area (TPSA) is 237 Å². The number of esters is 4. The highest BCUT2D eigenvalue weighted by atomic mass is 31.2. The van der Waals surface area contributed by atoms with Crippen LogP contribution in [0.3, 0.4) is 0 Å². The minimum atomic E-state index is -4.96. The summed E-state index contributed by atoms with van der Waals surface area (Å²) in [7, 11) is -9.90. The predicted molar refractivity (Wildman–Crippen MR) is 386 cm³/mol. The summed E-state index contributed by atoms with van der Waals surface area (Å²) in [5, 5.41) is 10.6. The number of hydrogen-bond donors (Lipinski definition) is 3. The van der Waals surface area contributed by atoms with Gasteiger partial charge in [0.25, 0.3) is 0 Å². The molecule has 6 atom stereocenters. The van der Waals surface area contributed by atoms with E-state index in [0.717, 1.165) is 121 Å². The van der Waals surface area contributed by atoms with Crippen LogP contribution in [-0.4, -0.2) is 96.7 Å². The smallest absolute Gasteiger partial charge is 0.462 e. The van der Waals surface area contributed by atoms with Gasteiger partial charge in [-0.2, -0.15) is 0 Å². The highest BCUT2D eigenvalue weighted by molar-refractivity contribution is 7.47. The molecule has 0 amide bonds. The molecule has 0 radical (unpaired) electrons. The molecule has 3 unspecified atom stereocenters. The number of carbonyl (C=O) groups excluding carboxylic acids is 4. The summed E-state index contributed by atoms with van der Waals surface area (Å²) in [5.41, 5.74) is 0. The second kappa shape index (κ2) is 67.9. The van der Waals surface area contributed by atoms with Crippen LogP contribution in [0, 0.1) is 11.8 Å². The van der Waals surface area contributed by atoms with Crippen LogP contribution in [0.5, 0.6) is 0 Å². The van der Waals surface area contributed by atoms with E-state index in [1.54, 1.807) is 0 Å². The van der Waals surface area contributed by atoms with Gasteiger partial charge in [0.2, 0.25) is 0 Å². The van der Waals surface area contributed by atoms with Crippen LogP contribution < -0.4 is 0 Å². The lowest BCUT2D eigenvalue weighted by Crippen LogP contribution is -2.30. The Morgan fingerprint density at radius 1 is 0.305 bits per heavy atom. The maximum Gasteiger partial charge on any atom is 0.472 e. The molecule has 0 saturated heterocycles. The van der Waals surface area contributed by atoms with E-state index in [0.29, 0.717) is 25.7 Å². The minimum absolute atomic E-state index is 0.105. The SMILES string of the molecule is CCCCCCCCCCC(=O)O[C@H](COC(=O)CCCCCCCCC)COP(=O)(O)OC[C@H](O)COP(=O)(O)OC[C@@H](COC(=O)CCCCCCCCCCCCCCCCCC(C)C)OC(=O)CCCCCCCCCCCCCCCCCCCCC(C)CC. The second-order valence-corrected chi connectivity index (χ2v) is 31.0. The van der Waals surface area contributed by atoms with Gasteiger partial charge in [-0.05, 0) is 37.5 Å². The molecule has 19 heteroatoms. The fourth-order valence-electron chi connectivity index (χ4n) is 11.6. The van der Waals surface area contributed by atoms with E-state index >= 15 is 0 Å². The number of phosphoric ester groups is 2. The zero-order chi connectivity index (χ0) is 70.0. The largest absolute Gasteiger partial charge is 0.472 e. The first kappa shape index (κ1) is 93.1. The van der Waals surface area contributed by atoms with Gasteiger partial charge in [0.05, 0.1) is 26.4 Å². The summed E-state index contributed by atoms with van der Waals surface area (Å²) in [5.74, 6) is -0.447. The normalized spacial score (nSPS) is 14.3. The Hall–Kier alpha value is -1.94. The third-order valence-corrected chi connectivity index (χ3v) is 20.0. The quantitative estimate of drug-likeness (QED) is 0.0222. The molecule has 0 heterocycles. The standard InChI is InChI=1S/C76H148O17P2/c1-7-10-12-14-16-41-48-54-60-75(80)92-71(64-86-73(78)58-52-46-38-15-13-11-8-2)66-90-94(82,83)88-62-70(77)63-89-95(84,85)91-67-72(65-87-74(79)59-53-47-42-36-32-28-25-21-22-26-30-34-39-44-50-56-68(4)5)93-76(81)61-55-49-43-37-33-29-24-20-18-17-19-23-27-31-35-40-45-51-57-69(6)9-3/h68-72,77H,7-67H2,1-6H3,(H,82,83)(H,84,85)/t69?,70-,71+,72+/m0/s1. The molecule has 0 aromatic carbocycles. The fraction of sp³-hybridized carbons (Fsp3) is 0.947. The van der Waals surface area contributed by atoms with Crippen molar-refractivity contribution in [3.63, 3.8) is 0 Å². The molecule has 0 aliphatic rings. The monoisotopic (exact) mass is 1400 g/mol. The van der Waals surface area contributed by atoms with Crippen molar-refractivity contribution in [1.82, 2.24) is 0 Å². The van der Waals surface area contributed by atoms with Crippen molar-refractivity contribution in [3.05, 3.63) is 0 Å². The Kier molecular flexibility index (Phi) is 66.5. The van der Waals surface area contributed by atoms with Crippen LogP contribution in [-0.2, 0) is 65.4 Å². The van der Waals surface area contributed by atoms with E-state index in [4.69, 9.17) is 37.0 Å². The van der Waals surface area contributed by atoms with E-state index < -0.39 is 97.5 Å². The number of aliphatic hydroxyl groups is 1. The van der Waals surface area contributed by atoms with Gasteiger partial charge >= 0.3 is 39.5 Å². The number of ether oxygens (including phenoxy) is 4. The Balaban J connectivity index is 5.12. The predicted octanol–water partition coefficient (Wildman–Crippen LogP) is 22.3. The van der Waals surface area contributed by atoms with Crippen molar-refractivity contribution in [1.29, 1.82) is 0 Å². The van der Waals surface area contributed by atoms with Gasteiger partial charge in [-0.25, -0.2) is 9.13 Å². The summed E-state index contributed by atoms with van der Waals surface area (Å²) in [6.07, 6.45) is 55.8. The average molecular weight is 1400 g/mol. The Morgan fingerprint density at radius 3 is 0.800 bits per heavy atom. The van der Waals surface area contributed by atoms with Crippen LogP contribution in [0.4, 0.5) is 0 Å². The van der Waals surface area contributed by atoms with Gasteiger partial charge in [0.15, 0.2) is 12.2 Å². The molecular weight excluding hydrogens is 1250 g/mol. The summed E-state index contributed by atoms with van der Waals surface area (Å²) in [4.78, 5) is 72.5. The molecular formula is C76H148O17P2. The average Bonchev–Trinajstić information content (AvgIpc) is 1.97. The van der Waals surface area contributed by atoms with E-state index in [2.05, 4.69) is 41.5 Å². The molecule has 0 fully saturated rings. The van der Waals surface area contributed by atoms with Crippen LogP contribution in [0.25, 0.3) is 0 Å². The number of phosphoric acid groups is 2. The first-order valence-corrected chi connectivity index (χ1v) is 42.5. The summed E-state index contributed by atoms with van der Waals surface area (Å²) in [6.45, 7) is 9.61. The number of hydrogen-bond acceptors (Lipinski definition) is 15. The molecule has 0 aliphatic carbocycles. The van der Waals surface area contributed by atoms with Gasteiger partial charge < -0.3 is 33.8 Å². The highest BCUT2D eigenvalue weighted by Gasteiger charge is 2.30. The molecule has 0 aliphatic heterocycles. The molecule has 0 aromatic heterocycles. The van der Waals surface area contributed by atoms with Gasteiger partial charge in [-0.1, -0.05) is 343 Å². The third kappa shape index (κ3) is 69.0. The van der Waals surface area contributed by atoms with Gasteiger partial charge in [0.1, 0.15) is 19.3 Å².